The molecule has 3 aromatic rings. The van der Waals surface area contributed by atoms with Gasteiger partial charge in [0.05, 0.1) is 12.3 Å². The van der Waals surface area contributed by atoms with Gasteiger partial charge in [0.2, 0.25) is 0 Å². The van der Waals surface area contributed by atoms with Crippen molar-refractivity contribution in [2.75, 3.05) is 6.61 Å². The van der Waals surface area contributed by atoms with E-state index < -0.39 is 0 Å². The third kappa shape index (κ3) is 4.77. The number of benzene rings is 2. The van der Waals surface area contributed by atoms with Gasteiger partial charge in [0.25, 0.3) is 5.95 Å². The second-order valence-corrected chi connectivity index (χ2v) is 8.88. The molecule has 32 heavy (non-hydrogen) atoms. The number of hydrogen-bond donors (Lipinski definition) is 0. The maximum absolute atomic E-state index is 12.5. The summed E-state index contributed by atoms with van der Waals surface area (Å²) in [6.45, 7) is 9.13. The highest BCUT2D eigenvalue weighted by atomic mass is 16.6. The largest absolute Gasteiger partial charge is 0.493 e. The normalized spacial score (nSPS) is 14.8. The summed E-state index contributed by atoms with van der Waals surface area (Å²) in [6, 6.07) is 15.3. The summed E-state index contributed by atoms with van der Waals surface area (Å²) in [5.74, 6) is 2.14. The number of ketones is 1. The van der Waals surface area contributed by atoms with Crippen LogP contribution in [0.3, 0.4) is 0 Å². The van der Waals surface area contributed by atoms with E-state index in [0.29, 0.717) is 30.3 Å². The predicted molar refractivity (Wildman–Crippen MR) is 126 cm³/mol. The molecule has 1 aliphatic rings. The number of ether oxygens (including phenoxy) is 2. The fourth-order valence-electron chi connectivity index (χ4n) is 3.79. The number of Topliss-reactive ketones (excluding diaryl/α,β-unsaturated/α-hetero) is 1. The van der Waals surface area contributed by atoms with Crippen LogP contribution in [0, 0.1) is 13.8 Å². The fraction of sp³-hybridized carbons (Fsp3) is 0.333. The third-order valence-electron chi connectivity index (χ3n) is 5.90. The second-order valence-electron chi connectivity index (χ2n) is 8.88. The van der Waals surface area contributed by atoms with E-state index in [4.69, 9.17) is 13.9 Å². The van der Waals surface area contributed by atoms with Crippen molar-refractivity contribution in [3.8, 4) is 17.4 Å². The summed E-state index contributed by atoms with van der Waals surface area (Å²) >= 11 is 0. The smallest absolute Gasteiger partial charge is 0.290 e. The first kappa shape index (κ1) is 21.9. The zero-order chi connectivity index (χ0) is 22.7. The molecule has 0 amide bonds. The molecule has 4 rings (SSSR count). The first-order valence-corrected chi connectivity index (χ1v) is 11.0. The summed E-state index contributed by atoms with van der Waals surface area (Å²) in [6.07, 6.45) is 3.60. The SMILES string of the molecule is Cc1ccccc1N=CCCC(=O)c1ccc(Oc2cc3c(cc2C)OCCC3(C)C)o1. The minimum absolute atomic E-state index is 0.0174. The first-order valence-electron chi connectivity index (χ1n) is 11.0. The molecule has 1 aliphatic heterocycles. The molecule has 2 heterocycles. The molecular weight excluding hydrogens is 402 g/mol. The molecule has 0 spiro atoms. The maximum Gasteiger partial charge on any atom is 0.290 e. The van der Waals surface area contributed by atoms with Gasteiger partial charge in [-0.05, 0) is 67.5 Å². The molecule has 0 unspecified atom stereocenters. The molecular formula is C27H29NO4. The summed E-state index contributed by atoms with van der Waals surface area (Å²) in [7, 11) is 0. The quantitative estimate of drug-likeness (QED) is 0.295. The lowest BCUT2D eigenvalue weighted by molar-refractivity contribution is 0.0953. The molecule has 0 N–H and O–H groups in total. The van der Waals surface area contributed by atoms with E-state index >= 15 is 0 Å². The van der Waals surface area contributed by atoms with Crippen molar-refractivity contribution in [3.63, 3.8) is 0 Å². The van der Waals surface area contributed by atoms with Gasteiger partial charge in [0.15, 0.2) is 11.5 Å². The van der Waals surface area contributed by atoms with E-state index in [0.717, 1.165) is 41.2 Å². The van der Waals surface area contributed by atoms with Gasteiger partial charge >= 0.3 is 0 Å². The van der Waals surface area contributed by atoms with Crippen LogP contribution in [0.5, 0.6) is 17.4 Å². The Morgan fingerprint density at radius 2 is 1.94 bits per heavy atom. The number of carbonyl (C=O) groups excluding carboxylic acids is 1. The van der Waals surface area contributed by atoms with Crippen molar-refractivity contribution in [3.05, 3.63) is 71.0 Å². The fourth-order valence-corrected chi connectivity index (χ4v) is 3.79. The number of carbonyl (C=O) groups is 1. The number of para-hydroxylation sites is 1. The highest BCUT2D eigenvalue weighted by Crippen LogP contribution is 2.42. The van der Waals surface area contributed by atoms with Crippen LogP contribution in [0.2, 0.25) is 0 Å². The zero-order valence-corrected chi connectivity index (χ0v) is 19.1. The topological polar surface area (TPSA) is 61.0 Å². The molecule has 5 heteroatoms. The van der Waals surface area contributed by atoms with E-state index in [9.17, 15) is 4.79 Å². The van der Waals surface area contributed by atoms with Crippen molar-refractivity contribution in [2.24, 2.45) is 4.99 Å². The zero-order valence-electron chi connectivity index (χ0n) is 19.1. The van der Waals surface area contributed by atoms with Crippen molar-refractivity contribution < 1.29 is 18.7 Å². The van der Waals surface area contributed by atoms with Gasteiger partial charge < -0.3 is 13.9 Å². The van der Waals surface area contributed by atoms with Crippen molar-refractivity contribution in [2.45, 2.75) is 52.4 Å². The van der Waals surface area contributed by atoms with Gasteiger partial charge in [-0.3, -0.25) is 9.79 Å². The van der Waals surface area contributed by atoms with Crippen molar-refractivity contribution >= 4 is 17.7 Å². The number of hydrogen-bond acceptors (Lipinski definition) is 5. The molecule has 0 saturated heterocycles. The number of furan rings is 1. The number of rotatable bonds is 7. The molecule has 2 aromatic carbocycles. The standard InChI is InChI=1S/C27H29NO4/c1-18-8-5-6-9-21(18)28-14-7-10-22(29)23-11-12-26(31-23)32-24-17-20-25(16-19(24)2)30-15-13-27(20,3)4/h5-6,8-9,11-12,14,16-17H,7,10,13,15H2,1-4H3. The van der Waals surface area contributed by atoms with Gasteiger partial charge in [0.1, 0.15) is 11.5 Å². The van der Waals surface area contributed by atoms with Gasteiger partial charge in [-0.2, -0.15) is 0 Å². The Morgan fingerprint density at radius 3 is 2.75 bits per heavy atom. The average Bonchev–Trinajstić information content (AvgIpc) is 3.22. The Morgan fingerprint density at radius 1 is 1.12 bits per heavy atom. The Labute approximate surface area is 189 Å². The Balaban J connectivity index is 1.40. The van der Waals surface area contributed by atoms with Crippen LogP contribution in [0.4, 0.5) is 5.69 Å². The van der Waals surface area contributed by atoms with Gasteiger partial charge in [-0.1, -0.05) is 32.0 Å². The number of nitrogens with zero attached hydrogens (tertiary/aromatic N) is 1. The van der Waals surface area contributed by atoms with Crippen LogP contribution < -0.4 is 9.47 Å². The number of fused-ring (bicyclic) bond motifs is 1. The highest BCUT2D eigenvalue weighted by Gasteiger charge is 2.30. The molecule has 0 aliphatic carbocycles. The summed E-state index contributed by atoms with van der Waals surface area (Å²) in [5, 5.41) is 0. The van der Waals surface area contributed by atoms with Crippen LogP contribution in [0.25, 0.3) is 0 Å². The molecule has 0 bridgehead atoms. The third-order valence-corrected chi connectivity index (χ3v) is 5.90. The van der Waals surface area contributed by atoms with Crippen LogP contribution in [0.1, 0.15) is 60.4 Å². The minimum atomic E-state index is -0.0761. The van der Waals surface area contributed by atoms with Crippen LogP contribution in [0.15, 0.2) is 57.9 Å². The monoisotopic (exact) mass is 431 g/mol. The molecule has 5 nitrogen and oxygen atoms in total. The van der Waals surface area contributed by atoms with E-state index in [1.165, 1.54) is 0 Å². The lowest BCUT2D eigenvalue weighted by Gasteiger charge is -2.33. The van der Waals surface area contributed by atoms with Gasteiger partial charge in [-0.25, -0.2) is 0 Å². The Kier molecular flexibility index (Phi) is 6.17. The van der Waals surface area contributed by atoms with Crippen LogP contribution in [-0.4, -0.2) is 18.6 Å². The highest BCUT2D eigenvalue weighted by molar-refractivity contribution is 5.94. The number of aryl methyl sites for hydroxylation is 2. The van der Waals surface area contributed by atoms with Crippen LogP contribution in [-0.2, 0) is 5.41 Å². The molecule has 0 radical (unpaired) electrons. The molecule has 1 aromatic heterocycles. The van der Waals surface area contributed by atoms with Crippen molar-refractivity contribution in [1.29, 1.82) is 0 Å². The van der Waals surface area contributed by atoms with Crippen molar-refractivity contribution in [1.82, 2.24) is 0 Å². The lowest BCUT2D eigenvalue weighted by Crippen LogP contribution is -2.26. The molecule has 0 saturated carbocycles. The molecule has 166 valence electrons. The Hall–Kier alpha value is -3.34. The van der Waals surface area contributed by atoms with Gasteiger partial charge in [0, 0.05) is 24.3 Å². The van der Waals surface area contributed by atoms with E-state index in [1.54, 1.807) is 18.3 Å². The summed E-state index contributed by atoms with van der Waals surface area (Å²) in [5.41, 5.74) is 4.13. The average molecular weight is 432 g/mol. The first-order chi connectivity index (χ1) is 15.3. The molecule has 0 atom stereocenters. The van der Waals surface area contributed by atoms with Crippen LogP contribution >= 0.6 is 0 Å². The van der Waals surface area contributed by atoms with E-state index in [-0.39, 0.29) is 11.2 Å². The summed E-state index contributed by atoms with van der Waals surface area (Å²) in [4.78, 5) is 17.0. The Bertz CT molecular complexity index is 1160. The predicted octanol–water partition coefficient (Wildman–Crippen LogP) is 7.11. The number of aliphatic imine (C=N–C) groups is 1. The minimum Gasteiger partial charge on any atom is -0.493 e. The maximum atomic E-state index is 12.5. The summed E-state index contributed by atoms with van der Waals surface area (Å²) < 4.78 is 17.5. The van der Waals surface area contributed by atoms with E-state index in [1.807, 2.05) is 50.2 Å². The second kappa shape index (κ2) is 9.03. The van der Waals surface area contributed by atoms with E-state index in [2.05, 4.69) is 18.8 Å². The van der Waals surface area contributed by atoms with Gasteiger partial charge in [-0.15, -0.1) is 0 Å². The lowest BCUT2D eigenvalue weighted by atomic mass is 9.79. The molecule has 0 fully saturated rings.